The monoisotopic (exact) mass is 253 g/mol. The maximum absolute atomic E-state index is 11.0. The molecule has 0 radical (unpaired) electrons. The Bertz CT molecular complexity index is 407. The van der Waals surface area contributed by atoms with Crippen LogP contribution in [0.15, 0.2) is 12.4 Å². The van der Waals surface area contributed by atoms with E-state index in [4.69, 9.17) is 9.84 Å². The van der Waals surface area contributed by atoms with Crippen LogP contribution in [0.3, 0.4) is 0 Å². The summed E-state index contributed by atoms with van der Waals surface area (Å²) in [5.41, 5.74) is -0.852. The summed E-state index contributed by atoms with van der Waals surface area (Å²) in [6.45, 7) is 6.19. The van der Waals surface area contributed by atoms with Crippen LogP contribution in [0.25, 0.3) is 0 Å². The molecular formula is C12H19N3O3. The zero-order valence-corrected chi connectivity index (χ0v) is 10.9. The lowest BCUT2D eigenvalue weighted by atomic mass is 9.94. The predicted molar refractivity (Wildman–Crippen MR) is 67.7 cm³/mol. The molecule has 100 valence electrons. The van der Waals surface area contributed by atoms with Gasteiger partial charge in [0.15, 0.2) is 0 Å². The van der Waals surface area contributed by atoms with Crippen LogP contribution in [0.4, 0.5) is 5.82 Å². The third-order valence-electron chi connectivity index (χ3n) is 2.39. The minimum atomic E-state index is -0.855. The largest absolute Gasteiger partial charge is 0.481 e. The van der Waals surface area contributed by atoms with Crippen LogP contribution in [-0.2, 0) is 4.79 Å². The van der Waals surface area contributed by atoms with Gasteiger partial charge in [-0.15, -0.1) is 0 Å². The highest BCUT2D eigenvalue weighted by molar-refractivity contribution is 5.74. The third-order valence-corrected chi connectivity index (χ3v) is 2.39. The van der Waals surface area contributed by atoms with Crippen LogP contribution in [-0.4, -0.2) is 34.2 Å². The lowest BCUT2D eigenvalue weighted by Crippen LogP contribution is -2.32. The van der Waals surface area contributed by atoms with Gasteiger partial charge < -0.3 is 15.2 Å². The van der Waals surface area contributed by atoms with Crippen molar-refractivity contribution in [1.82, 2.24) is 9.97 Å². The number of hydrogen-bond acceptors (Lipinski definition) is 5. The molecule has 1 heterocycles. The van der Waals surface area contributed by atoms with Gasteiger partial charge in [-0.25, -0.2) is 9.97 Å². The second-order valence-corrected chi connectivity index (χ2v) is 4.63. The van der Waals surface area contributed by atoms with E-state index in [1.807, 2.05) is 6.92 Å². The number of nitrogens with one attached hydrogen (secondary N) is 1. The number of rotatable bonds is 7. The summed E-state index contributed by atoms with van der Waals surface area (Å²) in [5, 5.41) is 12.0. The first-order valence-electron chi connectivity index (χ1n) is 5.88. The van der Waals surface area contributed by atoms with E-state index in [1.54, 1.807) is 19.9 Å². The predicted octanol–water partition coefficient (Wildman–Crippen LogP) is 1.79. The van der Waals surface area contributed by atoms with Gasteiger partial charge in [0.2, 0.25) is 5.88 Å². The number of carboxylic acids is 1. The van der Waals surface area contributed by atoms with Crippen LogP contribution < -0.4 is 10.1 Å². The van der Waals surface area contributed by atoms with Crippen LogP contribution in [0.1, 0.15) is 27.2 Å². The Morgan fingerprint density at radius 3 is 2.83 bits per heavy atom. The molecule has 0 atom stereocenters. The van der Waals surface area contributed by atoms with E-state index in [0.717, 1.165) is 6.42 Å². The van der Waals surface area contributed by atoms with Crippen molar-refractivity contribution >= 4 is 11.8 Å². The van der Waals surface area contributed by atoms with E-state index in [2.05, 4.69) is 15.3 Å². The first kappa shape index (κ1) is 14.2. The maximum Gasteiger partial charge on any atom is 0.310 e. The van der Waals surface area contributed by atoms with Crippen LogP contribution >= 0.6 is 0 Å². The van der Waals surface area contributed by atoms with Crippen LogP contribution in [0.5, 0.6) is 5.88 Å². The lowest BCUT2D eigenvalue weighted by molar-refractivity contribution is -0.146. The average molecular weight is 253 g/mol. The Morgan fingerprint density at radius 1 is 1.50 bits per heavy atom. The van der Waals surface area contributed by atoms with Crippen LogP contribution in [0.2, 0.25) is 0 Å². The van der Waals surface area contributed by atoms with E-state index >= 15 is 0 Å². The SMILES string of the molecule is CCCOc1cc(NCC(C)(C)C(=O)O)ncn1. The molecule has 0 amide bonds. The Morgan fingerprint density at radius 2 is 2.22 bits per heavy atom. The molecule has 0 unspecified atom stereocenters. The number of aliphatic carboxylic acids is 1. The van der Waals surface area contributed by atoms with Gasteiger partial charge in [-0.05, 0) is 20.3 Å². The molecule has 0 spiro atoms. The van der Waals surface area contributed by atoms with E-state index in [0.29, 0.717) is 18.3 Å². The van der Waals surface area contributed by atoms with Gasteiger partial charge in [0.05, 0.1) is 12.0 Å². The number of aromatic nitrogens is 2. The van der Waals surface area contributed by atoms with Crippen molar-refractivity contribution in [2.24, 2.45) is 5.41 Å². The highest BCUT2D eigenvalue weighted by atomic mass is 16.5. The Labute approximate surface area is 106 Å². The van der Waals surface area contributed by atoms with Gasteiger partial charge in [0.25, 0.3) is 0 Å². The maximum atomic E-state index is 11.0. The fraction of sp³-hybridized carbons (Fsp3) is 0.583. The Kier molecular flexibility index (Phi) is 4.88. The topological polar surface area (TPSA) is 84.3 Å². The molecule has 0 saturated heterocycles. The van der Waals surface area contributed by atoms with Gasteiger partial charge >= 0.3 is 5.97 Å². The second kappa shape index (κ2) is 6.18. The minimum absolute atomic E-state index is 0.284. The fourth-order valence-electron chi connectivity index (χ4n) is 1.11. The van der Waals surface area contributed by atoms with E-state index < -0.39 is 11.4 Å². The minimum Gasteiger partial charge on any atom is -0.481 e. The molecule has 6 nitrogen and oxygen atoms in total. The summed E-state index contributed by atoms with van der Waals surface area (Å²) in [4.78, 5) is 18.9. The molecule has 0 saturated carbocycles. The molecule has 0 aliphatic carbocycles. The first-order chi connectivity index (χ1) is 8.45. The summed E-state index contributed by atoms with van der Waals surface area (Å²) in [7, 11) is 0. The summed E-state index contributed by atoms with van der Waals surface area (Å²) >= 11 is 0. The van der Waals surface area contributed by atoms with Crippen molar-refractivity contribution in [3.05, 3.63) is 12.4 Å². The molecular weight excluding hydrogens is 234 g/mol. The van der Waals surface area contributed by atoms with Gasteiger partial charge in [0.1, 0.15) is 12.1 Å². The molecule has 1 rings (SSSR count). The van der Waals surface area contributed by atoms with Crippen molar-refractivity contribution in [3.63, 3.8) is 0 Å². The Balaban J connectivity index is 2.60. The molecule has 0 aliphatic heterocycles. The average Bonchev–Trinajstić information content (AvgIpc) is 2.34. The molecule has 18 heavy (non-hydrogen) atoms. The molecule has 0 bridgehead atoms. The molecule has 0 aromatic carbocycles. The summed E-state index contributed by atoms with van der Waals surface area (Å²) in [6.07, 6.45) is 2.29. The highest BCUT2D eigenvalue weighted by Gasteiger charge is 2.26. The highest BCUT2D eigenvalue weighted by Crippen LogP contribution is 2.17. The molecule has 0 aliphatic rings. The van der Waals surface area contributed by atoms with E-state index in [9.17, 15) is 4.79 Å². The molecule has 1 aromatic heterocycles. The van der Waals surface area contributed by atoms with Crippen molar-refractivity contribution in [2.75, 3.05) is 18.5 Å². The molecule has 6 heteroatoms. The standard InChI is InChI=1S/C12H19N3O3/c1-4-5-18-10-6-9(14-8-15-10)13-7-12(2,3)11(16)17/h6,8H,4-5,7H2,1-3H3,(H,16,17)(H,13,14,15). The van der Waals surface area contributed by atoms with Gasteiger partial charge in [-0.1, -0.05) is 6.92 Å². The summed E-state index contributed by atoms with van der Waals surface area (Å²) < 4.78 is 5.37. The number of hydrogen-bond donors (Lipinski definition) is 2. The number of carbonyl (C=O) groups is 1. The van der Waals surface area contributed by atoms with Gasteiger partial charge in [-0.3, -0.25) is 4.79 Å². The zero-order valence-electron chi connectivity index (χ0n) is 10.9. The van der Waals surface area contributed by atoms with Crippen molar-refractivity contribution in [2.45, 2.75) is 27.2 Å². The van der Waals surface area contributed by atoms with Gasteiger partial charge in [-0.2, -0.15) is 0 Å². The lowest BCUT2D eigenvalue weighted by Gasteiger charge is -2.19. The van der Waals surface area contributed by atoms with E-state index in [-0.39, 0.29) is 6.54 Å². The molecule has 2 N–H and O–H groups in total. The normalized spacial score (nSPS) is 11.1. The number of nitrogens with zero attached hydrogens (tertiary/aromatic N) is 2. The number of carboxylic acid groups (broad SMARTS) is 1. The quantitative estimate of drug-likeness (QED) is 0.770. The zero-order chi connectivity index (χ0) is 13.6. The van der Waals surface area contributed by atoms with Crippen molar-refractivity contribution < 1.29 is 14.6 Å². The van der Waals surface area contributed by atoms with E-state index in [1.165, 1.54) is 6.33 Å². The van der Waals surface area contributed by atoms with Crippen molar-refractivity contribution in [3.8, 4) is 5.88 Å². The molecule has 0 fully saturated rings. The van der Waals surface area contributed by atoms with Crippen molar-refractivity contribution in [1.29, 1.82) is 0 Å². The Hall–Kier alpha value is -1.85. The smallest absolute Gasteiger partial charge is 0.310 e. The third kappa shape index (κ3) is 4.20. The number of ether oxygens (including phenoxy) is 1. The van der Waals surface area contributed by atoms with Gasteiger partial charge in [0, 0.05) is 12.6 Å². The molecule has 1 aromatic rings. The summed E-state index contributed by atoms with van der Waals surface area (Å²) in [5.74, 6) is 0.194. The first-order valence-corrected chi connectivity index (χ1v) is 5.88. The summed E-state index contributed by atoms with van der Waals surface area (Å²) in [6, 6.07) is 1.66. The second-order valence-electron chi connectivity index (χ2n) is 4.63. The number of anilines is 1. The van der Waals surface area contributed by atoms with Crippen LogP contribution in [0, 0.1) is 5.41 Å². The fourth-order valence-corrected chi connectivity index (χ4v) is 1.11.